The normalized spacial score (nSPS) is 10.8. The van der Waals surface area contributed by atoms with Gasteiger partial charge in [-0.25, -0.2) is 10.2 Å². The van der Waals surface area contributed by atoms with Crippen molar-refractivity contribution in [2.24, 2.45) is 5.10 Å². The number of anilines is 1. The molecule has 1 aromatic rings. The Labute approximate surface area is 93.5 Å². The van der Waals surface area contributed by atoms with Crippen molar-refractivity contribution in [2.45, 2.75) is 13.8 Å². The van der Waals surface area contributed by atoms with Gasteiger partial charge in [0.1, 0.15) is 5.71 Å². The number of hydrogen-bond donors (Lipinski definition) is 2. The highest BCUT2D eigenvalue weighted by atomic mass is 16.2. The van der Waals surface area contributed by atoms with Gasteiger partial charge in [-0.1, -0.05) is 18.2 Å². The zero-order chi connectivity index (χ0) is 12.0. The third-order valence-electron chi connectivity index (χ3n) is 1.87. The van der Waals surface area contributed by atoms with Crippen LogP contribution in [0.1, 0.15) is 13.8 Å². The van der Waals surface area contributed by atoms with Crippen LogP contribution in [0.2, 0.25) is 0 Å². The number of hydrazone groups is 1. The molecule has 2 amide bonds. The maximum absolute atomic E-state index is 11.3. The highest BCUT2D eigenvalue weighted by Gasteiger charge is 2.01. The summed E-state index contributed by atoms with van der Waals surface area (Å²) in [5.41, 5.74) is 3.14. The molecular weight excluding hydrogens is 206 g/mol. The van der Waals surface area contributed by atoms with Crippen LogP contribution in [-0.4, -0.2) is 17.5 Å². The topological polar surface area (TPSA) is 70.6 Å². The van der Waals surface area contributed by atoms with Crippen molar-refractivity contribution < 1.29 is 9.59 Å². The van der Waals surface area contributed by atoms with Crippen molar-refractivity contribution in [3.8, 4) is 0 Å². The fourth-order valence-electron chi connectivity index (χ4n) is 0.894. The number of ketones is 1. The summed E-state index contributed by atoms with van der Waals surface area (Å²) in [7, 11) is 0. The molecule has 1 rings (SSSR count). The molecule has 0 fully saturated rings. The van der Waals surface area contributed by atoms with E-state index in [4.69, 9.17) is 0 Å². The molecule has 0 aliphatic carbocycles. The van der Waals surface area contributed by atoms with E-state index in [1.807, 2.05) is 6.07 Å². The number of hydrogen-bond acceptors (Lipinski definition) is 3. The fourth-order valence-corrected chi connectivity index (χ4v) is 0.894. The molecular formula is C11H13N3O2. The largest absolute Gasteiger partial charge is 0.339 e. The van der Waals surface area contributed by atoms with Gasteiger partial charge < -0.3 is 5.32 Å². The quantitative estimate of drug-likeness (QED) is 0.600. The molecule has 0 saturated carbocycles. The van der Waals surface area contributed by atoms with E-state index in [1.54, 1.807) is 24.3 Å². The van der Waals surface area contributed by atoms with Crippen molar-refractivity contribution in [3.63, 3.8) is 0 Å². The Morgan fingerprint density at radius 2 is 1.75 bits per heavy atom. The molecule has 0 heterocycles. The van der Waals surface area contributed by atoms with Crippen LogP contribution in [0.5, 0.6) is 0 Å². The summed E-state index contributed by atoms with van der Waals surface area (Å²) in [6.45, 7) is 2.92. The molecule has 5 heteroatoms. The smallest absolute Gasteiger partial charge is 0.307 e. The third kappa shape index (κ3) is 3.91. The summed E-state index contributed by atoms with van der Waals surface area (Å²) >= 11 is 0. The zero-order valence-electron chi connectivity index (χ0n) is 9.15. The monoisotopic (exact) mass is 219 g/mol. The minimum absolute atomic E-state index is 0.181. The van der Waals surface area contributed by atoms with Crippen molar-refractivity contribution in [2.75, 3.05) is 5.32 Å². The van der Waals surface area contributed by atoms with Crippen molar-refractivity contribution >= 4 is 23.2 Å². The molecule has 0 spiro atoms. The van der Waals surface area contributed by atoms with E-state index in [1.165, 1.54) is 13.8 Å². The van der Waals surface area contributed by atoms with E-state index >= 15 is 0 Å². The zero-order valence-corrected chi connectivity index (χ0v) is 9.15. The van der Waals surface area contributed by atoms with Crippen LogP contribution < -0.4 is 10.7 Å². The molecule has 0 atom stereocenters. The highest BCUT2D eigenvalue weighted by molar-refractivity contribution is 6.38. The first-order valence-corrected chi connectivity index (χ1v) is 4.77. The maximum Gasteiger partial charge on any atom is 0.339 e. The van der Waals surface area contributed by atoms with Crippen LogP contribution in [-0.2, 0) is 4.79 Å². The molecule has 84 valence electrons. The number of rotatable bonds is 3. The minimum Gasteiger partial charge on any atom is -0.307 e. The van der Waals surface area contributed by atoms with Gasteiger partial charge in [0.05, 0.1) is 0 Å². The Bertz CT molecular complexity index is 412. The summed E-state index contributed by atoms with van der Waals surface area (Å²) in [6.07, 6.45) is 0. The lowest BCUT2D eigenvalue weighted by atomic mass is 10.3. The molecule has 0 unspecified atom stereocenters. The molecule has 5 nitrogen and oxygen atoms in total. The molecule has 2 N–H and O–H groups in total. The van der Waals surface area contributed by atoms with Crippen molar-refractivity contribution in [1.82, 2.24) is 5.43 Å². The lowest BCUT2D eigenvalue weighted by Crippen LogP contribution is -2.26. The highest BCUT2D eigenvalue weighted by Crippen LogP contribution is 2.03. The Morgan fingerprint density at radius 3 is 2.31 bits per heavy atom. The van der Waals surface area contributed by atoms with Crippen LogP contribution >= 0.6 is 0 Å². The van der Waals surface area contributed by atoms with E-state index < -0.39 is 6.03 Å². The molecule has 0 aliphatic rings. The summed E-state index contributed by atoms with van der Waals surface area (Å²) < 4.78 is 0. The van der Waals surface area contributed by atoms with Crippen LogP contribution in [0.3, 0.4) is 0 Å². The first kappa shape index (κ1) is 11.9. The summed E-state index contributed by atoms with van der Waals surface area (Å²) in [4.78, 5) is 22.1. The number of amides is 2. The van der Waals surface area contributed by atoms with Gasteiger partial charge in [0.2, 0.25) is 0 Å². The van der Waals surface area contributed by atoms with Crippen LogP contribution in [0.4, 0.5) is 10.5 Å². The third-order valence-corrected chi connectivity index (χ3v) is 1.87. The fraction of sp³-hybridized carbons (Fsp3) is 0.182. The number of carbonyl (C=O) groups excluding carboxylic acids is 2. The van der Waals surface area contributed by atoms with Crippen molar-refractivity contribution in [3.05, 3.63) is 30.3 Å². The SMILES string of the molecule is CC(=O)C(C)=NNC(=O)Nc1ccccc1. The van der Waals surface area contributed by atoms with Crippen LogP contribution in [0, 0.1) is 0 Å². The van der Waals surface area contributed by atoms with Gasteiger partial charge in [-0.15, -0.1) is 0 Å². The number of Topliss-reactive ketones (excluding diaryl/α,β-unsaturated/α-hetero) is 1. The predicted molar refractivity (Wildman–Crippen MR) is 62.4 cm³/mol. The van der Waals surface area contributed by atoms with Crippen LogP contribution in [0.25, 0.3) is 0 Å². The van der Waals surface area contributed by atoms with Gasteiger partial charge in [0, 0.05) is 12.6 Å². The second-order valence-electron chi connectivity index (χ2n) is 3.19. The Morgan fingerprint density at radius 1 is 1.12 bits per heavy atom. The molecule has 0 bridgehead atoms. The average molecular weight is 219 g/mol. The number of urea groups is 1. The second-order valence-corrected chi connectivity index (χ2v) is 3.19. The molecule has 0 aliphatic heterocycles. The average Bonchev–Trinajstić information content (AvgIpc) is 2.27. The Kier molecular flexibility index (Phi) is 4.20. The molecule has 16 heavy (non-hydrogen) atoms. The first-order chi connectivity index (χ1) is 7.59. The first-order valence-electron chi connectivity index (χ1n) is 4.77. The molecule has 0 aromatic heterocycles. The number of carbonyl (C=O) groups is 2. The summed E-state index contributed by atoms with van der Waals surface area (Å²) in [5.74, 6) is -0.181. The van der Waals surface area contributed by atoms with Crippen LogP contribution in [0.15, 0.2) is 35.4 Å². The Balaban J connectivity index is 2.49. The van der Waals surface area contributed by atoms with Gasteiger partial charge in [-0.3, -0.25) is 4.79 Å². The number of nitrogens with one attached hydrogen (secondary N) is 2. The predicted octanol–water partition coefficient (Wildman–Crippen LogP) is 1.77. The van der Waals surface area contributed by atoms with Gasteiger partial charge in [0.25, 0.3) is 0 Å². The van der Waals surface area contributed by atoms with Gasteiger partial charge in [-0.05, 0) is 19.1 Å². The van der Waals surface area contributed by atoms with Gasteiger partial charge in [0.15, 0.2) is 5.78 Å². The van der Waals surface area contributed by atoms with Gasteiger partial charge >= 0.3 is 6.03 Å². The number of benzene rings is 1. The van der Waals surface area contributed by atoms with E-state index in [2.05, 4.69) is 15.8 Å². The maximum atomic E-state index is 11.3. The lowest BCUT2D eigenvalue weighted by molar-refractivity contribution is -0.111. The molecule has 1 aromatic carbocycles. The number of nitrogens with zero attached hydrogens (tertiary/aromatic N) is 1. The lowest BCUT2D eigenvalue weighted by Gasteiger charge is -2.03. The Hall–Kier alpha value is -2.17. The van der Waals surface area contributed by atoms with E-state index in [-0.39, 0.29) is 11.5 Å². The minimum atomic E-state index is -0.480. The summed E-state index contributed by atoms with van der Waals surface area (Å²) in [6, 6.07) is 8.48. The standard InChI is InChI=1S/C11H13N3O2/c1-8(9(2)15)13-14-11(16)12-10-6-4-3-5-7-10/h3-7H,1-2H3,(H2,12,14,16). The van der Waals surface area contributed by atoms with E-state index in [9.17, 15) is 9.59 Å². The van der Waals surface area contributed by atoms with Crippen molar-refractivity contribution in [1.29, 1.82) is 0 Å². The van der Waals surface area contributed by atoms with E-state index in [0.717, 1.165) is 0 Å². The van der Waals surface area contributed by atoms with E-state index in [0.29, 0.717) is 5.69 Å². The molecule has 0 saturated heterocycles. The summed E-state index contributed by atoms with van der Waals surface area (Å²) in [5, 5.41) is 6.19. The molecule has 0 radical (unpaired) electrons. The van der Waals surface area contributed by atoms with Gasteiger partial charge in [-0.2, -0.15) is 5.10 Å². The number of para-hydroxylation sites is 1. The second kappa shape index (κ2) is 5.65.